The minimum absolute atomic E-state index is 0.00295. The van der Waals surface area contributed by atoms with Crippen molar-refractivity contribution < 1.29 is 55.1 Å². The quantitative estimate of drug-likeness (QED) is 0.0432. The number of carbonyl (C=O) groups excluding carboxylic acids is 6. The first-order valence-corrected chi connectivity index (χ1v) is 34.4. The first kappa shape index (κ1) is 73.7. The number of carbonyl (C=O) groups is 6. The largest absolute Gasteiger partial charge is 0.416 e. The second-order valence-corrected chi connectivity index (χ2v) is 28.7. The fraction of sp³-hybridized carbons (Fsp3) is 0.360. The van der Waals surface area contributed by atoms with Crippen LogP contribution in [0.5, 0.6) is 0 Å². The van der Waals surface area contributed by atoms with Gasteiger partial charge in [-0.3, -0.25) is 42.8 Å². The number of aryl methyl sites for hydroxylation is 1. The predicted molar refractivity (Wildman–Crippen MR) is 383 cm³/mol. The summed E-state index contributed by atoms with van der Waals surface area (Å²) in [7, 11) is 0. The average Bonchev–Trinajstić information content (AvgIpc) is 1.30. The normalized spacial score (nSPS) is 16.6. The molecule has 3 aliphatic carbocycles. The number of nitrogen functional groups attached to an aromatic ring is 3. The van der Waals surface area contributed by atoms with Gasteiger partial charge in [-0.05, 0) is 125 Å². The molecule has 6 fully saturated rings. The van der Waals surface area contributed by atoms with Crippen molar-refractivity contribution in [1.29, 1.82) is 0 Å². The first-order chi connectivity index (χ1) is 51.3. The summed E-state index contributed by atoms with van der Waals surface area (Å²) in [4.78, 5) is 77.7. The molecule has 27 nitrogen and oxygen atoms in total. The maximum absolute atomic E-state index is 13.2. The van der Waals surface area contributed by atoms with Crippen LogP contribution in [0.15, 0.2) is 110 Å². The molecule has 9 aromatic rings. The Balaban J connectivity index is 0.000000143. The van der Waals surface area contributed by atoms with Gasteiger partial charge >= 0.3 is 12.4 Å². The van der Waals surface area contributed by atoms with Crippen LogP contribution in [0.3, 0.4) is 0 Å². The summed E-state index contributed by atoms with van der Waals surface area (Å²) in [6.45, 7) is 11.2. The molecule has 3 spiro atoms. The van der Waals surface area contributed by atoms with Crippen molar-refractivity contribution in [1.82, 2.24) is 73.4 Å². The number of anilines is 3. The Morgan fingerprint density at radius 1 is 0.444 bits per heavy atom. The molecule has 0 unspecified atom stereocenters. The Bertz CT molecular complexity index is 5250. The Hall–Kier alpha value is -12.6. The molecule has 108 heavy (non-hydrogen) atoms. The molecule has 9 heterocycles. The highest BCUT2D eigenvalue weighted by Crippen LogP contribution is 2.57. The molecule has 6 aromatic heterocycles. The van der Waals surface area contributed by atoms with E-state index in [9.17, 15) is 55.1 Å². The lowest BCUT2D eigenvalue weighted by Gasteiger charge is -2.58. The Labute approximate surface area is 614 Å². The molecule has 6 amide bonds. The Morgan fingerprint density at radius 2 is 0.769 bits per heavy atom. The van der Waals surface area contributed by atoms with E-state index >= 15 is 0 Å². The smallest absolute Gasteiger partial charge is 0.383 e. The molecule has 3 saturated heterocycles. The van der Waals surface area contributed by atoms with Crippen LogP contribution in [0.25, 0.3) is 33.8 Å². The predicted octanol–water partition coefficient (Wildman–Crippen LogP) is 7.33. The number of nitrogens with two attached hydrogens (primary N) is 6. The van der Waals surface area contributed by atoms with Crippen molar-refractivity contribution in [2.24, 2.45) is 33.4 Å². The van der Waals surface area contributed by atoms with E-state index in [0.717, 1.165) is 68.4 Å². The molecule has 3 saturated carbocycles. The van der Waals surface area contributed by atoms with Crippen molar-refractivity contribution in [3.8, 4) is 69.3 Å². The molecule has 0 atom stereocenters. The number of hydrogen-bond donors (Lipinski definition) is 6. The molecule has 0 bridgehead atoms. The van der Waals surface area contributed by atoms with Crippen molar-refractivity contribution in [2.75, 3.05) is 56.5 Å². The standard InChI is InChI=1S/C26H26F3N7O2.C25H24F3N7O2.C24H25N7O2/c1-3-4-20(37)34-13-25(14-34)8-19(9-25)36-23(30)21(24(31)38)22(33-36)17-10-32-35(12-17)11-16-5-15(2)6-18(7-16)26(27,28)29;1-2-4-19(36)33-13-24(14-33)8-18(9-24)35-22(29)20(23(30)37)21(32-35)16-10-31-34(12-16)11-15-5-3-6-17(7-15)25(26,27)28;1-2-6-19(32)29-14-24(15-29)9-18(10-24)31-22(25)20(23(26)33)21(28-31)17-11-27-30(13-17)12-16-7-4-3-5-8-16/h5-7,10,12,19H,8-9,11,13-14,30H2,1-2H3,(H2,31,38);3,5-7,10,12,18H,8-9,11,13-14,29H2,1H3,(H2,30,37);3-5,7-8,11,13,18H,9-10,12,14-15,25H2,1H3,(H2,26,33). The number of amides is 6. The van der Waals surface area contributed by atoms with Crippen molar-refractivity contribution in [3.05, 3.63) is 160 Å². The van der Waals surface area contributed by atoms with Crippen molar-refractivity contribution in [3.63, 3.8) is 0 Å². The number of aromatic nitrogens is 12. The van der Waals surface area contributed by atoms with E-state index in [1.54, 1.807) is 91.8 Å². The summed E-state index contributed by atoms with van der Waals surface area (Å²) in [6, 6.07) is 18.8. The second kappa shape index (κ2) is 28.4. The van der Waals surface area contributed by atoms with Crippen LogP contribution in [0.1, 0.15) is 142 Å². The molecule has 12 N–H and O–H groups in total. The monoisotopic (exact) mass is 1480 g/mol. The lowest BCUT2D eigenvalue weighted by Crippen LogP contribution is -2.63. The van der Waals surface area contributed by atoms with E-state index in [2.05, 4.69) is 66.1 Å². The molecule has 33 heteroatoms. The highest BCUT2D eigenvalue weighted by atomic mass is 19.4. The van der Waals surface area contributed by atoms with Gasteiger partial charge in [-0.15, -0.1) is 0 Å². The van der Waals surface area contributed by atoms with Crippen LogP contribution in [0.4, 0.5) is 43.8 Å². The summed E-state index contributed by atoms with van der Waals surface area (Å²) in [5.41, 5.74) is 39.9. The van der Waals surface area contributed by atoms with E-state index < -0.39 is 41.2 Å². The maximum atomic E-state index is 13.2. The molecular formula is C75H75F6N21O6. The van der Waals surface area contributed by atoms with Gasteiger partial charge in [0, 0.05) is 90.8 Å². The molecule has 0 radical (unpaired) electrons. The van der Waals surface area contributed by atoms with Gasteiger partial charge < -0.3 is 49.1 Å². The zero-order chi connectivity index (χ0) is 77.1. The lowest BCUT2D eigenvalue weighted by atomic mass is 9.60. The van der Waals surface area contributed by atoms with Gasteiger partial charge in [-0.2, -0.15) is 56.9 Å². The third-order valence-corrected chi connectivity index (χ3v) is 20.7. The number of primary amides is 3. The van der Waals surface area contributed by atoms with Gasteiger partial charge in [-0.25, -0.2) is 14.0 Å². The van der Waals surface area contributed by atoms with Gasteiger partial charge in [0.15, 0.2) is 0 Å². The summed E-state index contributed by atoms with van der Waals surface area (Å²) in [5, 5.41) is 26.8. The fourth-order valence-electron chi connectivity index (χ4n) is 15.7. The summed E-state index contributed by atoms with van der Waals surface area (Å²) < 4.78 is 88.4. The molecule has 6 aliphatic rings. The highest BCUT2D eigenvalue weighted by molar-refractivity contribution is 6.05. The Kier molecular flexibility index (Phi) is 19.4. The van der Waals surface area contributed by atoms with Crippen LogP contribution >= 0.6 is 0 Å². The van der Waals surface area contributed by atoms with Gasteiger partial charge in [0.2, 0.25) is 0 Å². The number of hydrogen-bond acceptors (Lipinski definition) is 15. The number of alkyl halides is 6. The first-order valence-electron chi connectivity index (χ1n) is 34.4. The van der Waals surface area contributed by atoms with Crippen molar-refractivity contribution in [2.45, 2.75) is 116 Å². The molecule has 558 valence electrons. The molecule has 3 aliphatic heterocycles. The van der Waals surface area contributed by atoms with E-state index in [0.29, 0.717) is 84.9 Å². The maximum Gasteiger partial charge on any atom is 0.416 e. The minimum atomic E-state index is -4.45. The zero-order valence-corrected chi connectivity index (χ0v) is 59.1. The number of nitrogens with zero attached hydrogens (tertiary/aromatic N) is 15. The van der Waals surface area contributed by atoms with E-state index in [4.69, 9.17) is 34.4 Å². The van der Waals surface area contributed by atoms with Crippen LogP contribution in [-0.4, -0.2) is 148 Å². The molecular weight excluding hydrogens is 1400 g/mol. The second-order valence-electron chi connectivity index (χ2n) is 28.7. The number of rotatable bonds is 15. The highest BCUT2D eigenvalue weighted by Gasteiger charge is 2.57. The van der Waals surface area contributed by atoms with Crippen LogP contribution in [-0.2, 0) is 46.4 Å². The summed E-state index contributed by atoms with van der Waals surface area (Å²) >= 11 is 0. The van der Waals surface area contributed by atoms with Gasteiger partial charge in [0.05, 0.1) is 67.5 Å². The minimum Gasteiger partial charge on any atom is -0.383 e. The number of halogens is 6. The third kappa shape index (κ3) is 14.6. The third-order valence-electron chi connectivity index (χ3n) is 20.7. The van der Waals surface area contributed by atoms with Gasteiger partial charge in [0.25, 0.3) is 35.4 Å². The summed E-state index contributed by atoms with van der Waals surface area (Å²) in [6.07, 6.45) is 5.42. The van der Waals surface area contributed by atoms with Crippen LogP contribution in [0.2, 0.25) is 0 Å². The topological polar surface area (TPSA) is 375 Å². The fourth-order valence-corrected chi connectivity index (χ4v) is 15.7. The van der Waals surface area contributed by atoms with E-state index in [-0.39, 0.29) is 111 Å². The van der Waals surface area contributed by atoms with E-state index in [1.807, 2.05) is 36.5 Å². The van der Waals surface area contributed by atoms with Crippen molar-refractivity contribution >= 4 is 52.9 Å². The van der Waals surface area contributed by atoms with Crippen LogP contribution in [0, 0.1) is 58.7 Å². The number of benzene rings is 3. The summed E-state index contributed by atoms with van der Waals surface area (Å²) in [5.74, 6) is 13.5. The number of likely N-dealkylation sites (tertiary alicyclic amines) is 3. The van der Waals surface area contributed by atoms with E-state index in [1.165, 1.54) is 27.8 Å². The Morgan fingerprint density at radius 3 is 1.10 bits per heavy atom. The average molecular weight is 1480 g/mol. The SMILES string of the molecule is CC#CC(=O)N1CC2(CC(n3nc(-c4cnn(Cc5cc(C)cc(C(F)(F)F)c5)c4)c(C(N)=O)c3N)C2)C1.CC#CC(=O)N1CC2(CC(n3nc(-c4cnn(Cc5cccc(C(F)(F)F)c5)c4)c(C(N)=O)c3N)C2)C1.CC#CC(=O)N1CC2(CC(n3nc(-c4cnn(Cc5ccccc5)c4)c(C(N)=O)c3N)C2)C1. The lowest BCUT2D eigenvalue weighted by molar-refractivity contribution is -0.148. The van der Waals surface area contributed by atoms with Crippen LogP contribution < -0.4 is 34.4 Å². The molecule has 3 aromatic carbocycles. The van der Waals surface area contributed by atoms with Gasteiger partial charge in [-0.1, -0.05) is 71.9 Å². The van der Waals surface area contributed by atoms with Gasteiger partial charge in [0.1, 0.15) is 51.2 Å². The zero-order valence-electron chi connectivity index (χ0n) is 59.1. The molecule has 15 rings (SSSR count).